The number of phenolic OH excluding ortho intramolecular Hbond substituents is 3. The molecule has 0 aromatic heterocycles. The van der Waals surface area contributed by atoms with E-state index in [9.17, 15) is 82.4 Å². The van der Waals surface area contributed by atoms with Crippen molar-refractivity contribution in [2.75, 3.05) is 0 Å². The first-order valence-corrected chi connectivity index (χ1v) is 50.8. The highest BCUT2D eigenvalue weighted by molar-refractivity contribution is 8.13. The zero-order chi connectivity index (χ0) is 103. The van der Waals surface area contributed by atoms with E-state index >= 15 is 0 Å². The van der Waals surface area contributed by atoms with Gasteiger partial charge in [0, 0.05) is 94.1 Å². The number of aromatic hydroxyl groups is 3. The lowest BCUT2D eigenvalue weighted by molar-refractivity contribution is 0.0685. The molecule has 0 spiro atoms. The average molecular weight is 2150 g/mol. The number of carboxylic acid groups (broad SMARTS) is 2. The van der Waals surface area contributed by atoms with Crippen LogP contribution in [0, 0.1) is 23.3 Å². The second kappa shape index (κ2) is 52.3. The first-order chi connectivity index (χ1) is 68.2. The van der Waals surface area contributed by atoms with Gasteiger partial charge in [-0.3, -0.25) is 9.59 Å². The van der Waals surface area contributed by atoms with Crippen LogP contribution in [0.4, 0.5) is 17.6 Å². The van der Waals surface area contributed by atoms with Crippen LogP contribution in [0.15, 0.2) is 373 Å². The fraction of sp³-hybridized carbons (Fsp3) is 0.0826. The number of hydrogen-bond acceptors (Lipinski definition) is 15. The van der Waals surface area contributed by atoms with Gasteiger partial charge in [0.15, 0.2) is 23.0 Å². The quantitative estimate of drug-likeness (QED) is 0.00991. The van der Waals surface area contributed by atoms with E-state index in [2.05, 4.69) is 29.6 Å². The van der Waals surface area contributed by atoms with Gasteiger partial charge in [-0.05, 0) is 253 Å². The van der Waals surface area contributed by atoms with Gasteiger partial charge >= 0.3 is 11.9 Å². The van der Waals surface area contributed by atoms with Gasteiger partial charge in [0.25, 0.3) is 9.05 Å². The summed E-state index contributed by atoms with van der Waals surface area (Å²) >= 11 is 41.5. The van der Waals surface area contributed by atoms with Crippen LogP contribution in [0.2, 0.25) is 35.2 Å². The molecule has 0 amide bonds. The highest BCUT2D eigenvalue weighted by Gasteiger charge is 2.33. The Labute approximate surface area is 863 Å². The van der Waals surface area contributed by atoms with E-state index in [1.807, 2.05) is 152 Å². The SMILES string of the molecule is Fc1ccc(CNCc2cccc(-c3ccc(Cl)cc3)c2)cc1.NCc1ccc(F)cc1.O=C(CCc1ccccc1)c1cc(Cl)c(O)c(S(=O)(=O)N(Cc2ccc(F)cc2)Cc2cccc(-c3ccc(Cl)cc3)c2)c1.O=C(O)c1cc(Cl)c(O)c(S(=O)(=O)Cl)c1.O=C(O)c1cc(Cl)c(O)c(S(=O)(=O)N(Cc2ccc(F)cc2)Cc2cccc(-c3ccc(Cl)cc3)c2)c1.O=Cc1cccc(-c2ccc(Cl)cc2)c1. The Morgan fingerprint density at radius 2 is 0.622 bits per heavy atom. The first kappa shape index (κ1) is 110. The number of ketones is 1. The third-order valence-corrected chi connectivity index (χ3v) is 28.2. The third-order valence-electron chi connectivity index (χ3n) is 21.4. The number of rotatable bonds is 29. The summed E-state index contributed by atoms with van der Waals surface area (Å²) in [5.41, 5.74) is 19.6. The van der Waals surface area contributed by atoms with Gasteiger partial charge in [-0.2, -0.15) is 8.61 Å². The maximum absolute atomic E-state index is 14.2. The Balaban J connectivity index is 0.000000176. The molecule has 0 aliphatic heterocycles. The summed E-state index contributed by atoms with van der Waals surface area (Å²) in [5, 5.41) is 53.6. The number of nitrogens with zero attached hydrogens (tertiary/aromatic N) is 2. The number of hydrogen-bond donors (Lipinski definition) is 7. The molecule has 0 aliphatic rings. The number of nitrogens with one attached hydrogen (secondary N) is 1. The number of halogens is 12. The highest BCUT2D eigenvalue weighted by atomic mass is 35.7. The van der Waals surface area contributed by atoms with Crippen molar-refractivity contribution in [3.05, 3.63) is 483 Å². The van der Waals surface area contributed by atoms with E-state index in [1.54, 1.807) is 72.8 Å². The summed E-state index contributed by atoms with van der Waals surface area (Å²) in [6, 6.07) is 99.3. The Bertz CT molecular complexity index is 7500. The maximum Gasteiger partial charge on any atom is 0.335 e. The molecule has 0 atom stereocenters. The molecular weight excluding hydrogens is 2060 g/mol. The van der Waals surface area contributed by atoms with Crippen molar-refractivity contribution in [1.29, 1.82) is 0 Å². The van der Waals surface area contributed by atoms with Crippen molar-refractivity contribution >= 4 is 145 Å². The molecule has 16 aromatic rings. The Morgan fingerprint density at radius 1 is 0.322 bits per heavy atom. The van der Waals surface area contributed by atoms with Crippen LogP contribution in [-0.2, 0) is 81.3 Å². The monoisotopic (exact) mass is 2140 g/mol. The number of phenols is 3. The minimum absolute atomic E-state index is 0.0776. The number of carboxylic acids is 2. The fourth-order valence-electron chi connectivity index (χ4n) is 14.0. The zero-order valence-electron chi connectivity index (χ0n) is 75.1. The van der Waals surface area contributed by atoms with E-state index < -0.39 is 100 Å². The number of aldehydes is 1. The average Bonchev–Trinajstić information content (AvgIpc) is 0.772. The van der Waals surface area contributed by atoms with E-state index in [0.717, 1.165) is 102 Å². The standard InChI is InChI=1S/C35H28Cl2FNO4S.C27H20Cl2FNO5S.C20H17ClFN.C13H9ClO.C7H4Cl2O5S.C7H8FN/c36-30-14-12-27(13-15-30)28-8-4-7-26(19-28)23-39(22-25-9-16-31(38)17-10-25)44(42,43)34-21-29(20-32(37)35(34)41)33(40)18-11-24-5-2-1-3-6-24;28-22-8-6-19(7-9-22)20-3-1-2-18(12-20)16-31(15-17-4-10-23(30)11-5-17)37(35,36)25-14-21(27(33)34)13-24(29)26(25)32;21-19-8-6-17(7-9-19)18-3-1-2-16(12-18)14-23-13-15-4-10-20(22)11-5-15;14-13-6-4-11(5-7-13)12-3-1-2-10(8-12)9-15;8-4-1-3(7(11)12)2-5(6(4)10)15(9,13)14;8-7-3-1-6(5-9)2-4-7/h1-10,12-17,19-21,41H,11,18,22-23H2;1-14,32H,15-16H2,(H,33,34);1-12,23H,13-14H2;1-9H;1-2,10H,(H,11,12);1-4H,5,9H2. The van der Waals surface area contributed by atoms with Crippen LogP contribution < -0.4 is 11.1 Å². The highest BCUT2D eigenvalue weighted by Crippen LogP contribution is 2.40. The van der Waals surface area contributed by atoms with Crippen LogP contribution in [0.1, 0.15) is 92.4 Å². The number of carbonyl (C=O) groups excluding carboxylic acids is 2. The second-order valence-electron chi connectivity index (χ2n) is 31.6. The van der Waals surface area contributed by atoms with Crippen molar-refractivity contribution in [2.45, 2.75) is 73.3 Å². The lowest BCUT2D eigenvalue weighted by atomic mass is 10.0. The van der Waals surface area contributed by atoms with Gasteiger partial charge in [-0.1, -0.05) is 281 Å². The maximum atomic E-state index is 14.2. The van der Waals surface area contributed by atoms with E-state index in [1.165, 1.54) is 100 Å². The number of Topliss-reactive ketones (excluding diaryl/α,β-unsaturated/α-hetero) is 1. The van der Waals surface area contributed by atoms with Crippen LogP contribution in [0.5, 0.6) is 17.2 Å². The van der Waals surface area contributed by atoms with Crippen molar-refractivity contribution in [3.63, 3.8) is 0 Å². The summed E-state index contributed by atoms with van der Waals surface area (Å²) in [4.78, 5) is 44.0. The molecule has 0 unspecified atom stereocenters. The molecule has 19 nitrogen and oxygen atoms in total. The second-order valence-corrected chi connectivity index (χ2v) is 40.9. The molecule has 16 aromatic carbocycles. The Kier molecular flexibility index (Phi) is 40.3. The topological polar surface area (TPSA) is 316 Å². The minimum atomic E-state index is -4.48. The molecule has 16 rings (SSSR count). The van der Waals surface area contributed by atoms with Gasteiger partial charge in [-0.15, -0.1) is 0 Å². The molecule has 734 valence electrons. The van der Waals surface area contributed by atoms with Crippen LogP contribution in [0.3, 0.4) is 0 Å². The predicted octanol–water partition coefficient (Wildman–Crippen LogP) is 27.5. The Hall–Kier alpha value is -13.1. The molecule has 0 bridgehead atoms. The smallest absolute Gasteiger partial charge is 0.335 e. The molecule has 0 saturated heterocycles. The van der Waals surface area contributed by atoms with Crippen LogP contribution in [0.25, 0.3) is 44.5 Å². The molecule has 8 N–H and O–H groups in total. The number of aromatic carboxylic acids is 2. The zero-order valence-corrected chi connectivity index (χ0v) is 83.6. The lowest BCUT2D eigenvalue weighted by Gasteiger charge is -2.24. The molecular formula is C109H86Cl8F4N4O15S3. The molecule has 0 aliphatic carbocycles. The number of sulfonamides is 2. The van der Waals surface area contributed by atoms with Crippen molar-refractivity contribution in [2.24, 2.45) is 5.73 Å². The summed E-state index contributed by atoms with van der Waals surface area (Å²) in [7, 11) is -8.17. The molecule has 0 radical (unpaired) electrons. The van der Waals surface area contributed by atoms with Crippen molar-refractivity contribution in [1.82, 2.24) is 13.9 Å². The van der Waals surface area contributed by atoms with Gasteiger partial charge < -0.3 is 36.6 Å². The normalized spacial score (nSPS) is 11.1. The number of nitrogens with two attached hydrogens (primary N) is 1. The van der Waals surface area contributed by atoms with Crippen molar-refractivity contribution in [3.8, 4) is 61.8 Å². The molecule has 143 heavy (non-hydrogen) atoms. The number of carbonyl (C=O) groups is 4. The molecule has 0 saturated carbocycles. The predicted molar refractivity (Wildman–Crippen MR) is 555 cm³/mol. The summed E-state index contributed by atoms with van der Waals surface area (Å²) in [5.74, 6) is -6.62. The summed E-state index contributed by atoms with van der Waals surface area (Å²) in [6.07, 6.45) is 1.43. The summed E-state index contributed by atoms with van der Waals surface area (Å²) in [6.45, 7) is 1.43. The van der Waals surface area contributed by atoms with Crippen LogP contribution in [-0.4, -0.2) is 83.4 Å². The Morgan fingerprint density at radius 3 is 0.986 bits per heavy atom. The third kappa shape index (κ3) is 32.7. The van der Waals surface area contributed by atoms with Gasteiger partial charge in [0.05, 0.1) is 26.2 Å². The largest absolute Gasteiger partial charge is 0.505 e. The van der Waals surface area contributed by atoms with Gasteiger partial charge in [0.2, 0.25) is 20.0 Å². The lowest BCUT2D eigenvalue weighted by Crippen LogP contribution is -2.30. The van der Waals surface area contributed by atoms with Crippen LogP contribution >= 0.6 is 91.9 Å². The number of aryl methyl sites for hydroxylation is 1. The fourth-order valence-corrected chi connectivity index (χ4v) is 19.4. The van der Waals surface area contributed by atoms with Gasteiger partial charge in [-0.25, -0.2) is 52.4 Å². The molecule has 0 heterocycles. The first-order valence-electron chi connectivity index (χ1n) is 43.0. The van der Waals surface area contributed by atoms with E-state index in [4.69, 9.17) is 103 Å². The molecule has 0 fully saturated rings. The van der Waals surface area contributed by atoms with Crippen molar-refractivity contribution < 1.29 is 87.5 Å². The van der Waals surface area contributed by atoms with E-state index in [-0.39, 0.29) is 66.2 Å². The van der Waals surface area contributed by atoms with E-state index in [0.29, 0.717) is 62.4 Å². The summed E-state index contributed by atoms with van der Waals surface area (Å²) < 4.78 is 132. The number of benzene rings is 16. The van der Waals surface area contributed by atoms with Gasteiger partial charge in [0.1, 0.15) is 44.2 Å². The molecule has 34 heteroatoms. The minimum Gasteiger partial charge on any atom is -0.505 e.